The van der Waals surface area contributed by atoms with Gasteiger partial charge in [0.05, 0.1) is 6.10 Å². The van der Waals surface area contributed by atoms with Gasteiger partial charge in [0.15, 0.2) is 0 Å². The van der Waals surface area contributed by atoms with Crippen LogP contribution in [0.2, 0.25) is 0 Å². The number of esters is 2. The third kappa shape index (κ3) is 2.23. The van der Waals surface area contributed by atoms with Crippen LogP contribution >= 0.6 is 0 Å². The Morgan fingerprint density at radius 1 is 0.958 bits per heavy atom. The molecule has 1 N–H and O–H groups in total. The van der Waals surface area contributed by atoms with Crippen LogP contribution in [0, 0.1) is 34.5 Å². The first kappa shape index (κ1) is 17.7. The summed E-state index contributed by atoms with van der Waals surface area (Å²) in [5.41, 5.74) is -0.542. The molecule has 0 spiro atoms. The van der Waals surface area contributed by atoms with Gasteiger partial charge in [-0.1, -0.05) is 27.7 Å². The van der Waals surface area contributed by atoms with E-state index in [-0.39, 0.29) is 46.8 Å². The van der Waals surface area contributed by atoms with Crippen molar-refractivity contribution in [2.75, 3.05) is 0 Å². The Labute approximate surface area is 144 Å². The first-order valence-electron chi connectivity index (χ1n) is 9.03. The molecule has 0 heterocycles. The number of carbonyl (C=O) groups excluding carboxylic acids is 2. The van der Waals surface area contributed by atoms with Crippen LogP contribution in [0.15, 0.2) is 0 Å². The van der Waals surface area contributed by atoms with E-state index in [0.29, 0.717) is 18.3 Å². The van der Waals surface area contributed by atoms with Crippen LogP contribution in [0.25, 0.3) is 0 Å². The zero-order valence-electron chi connectivity index (χ0n) is 15.5. The Bertz CT molecular complexity index is 556. The molecule has 24 heavy (non-hydrogen) atoms. The Hall–Kier alpha value is -1.10. The van der Waals surface area contributed by atoms with Crippen molar-refractivity contribution in [3.05, 3.63) is 0 Å². The molecule has 0 unspecified atom stereocenters. The maximum atomic E-state index is 11.7. The average Bonchev–Trinajstić information content (AvgIpc) is 2.50. The van der Waals surface area contributed by atoms with E-state index >= 15 is 0 Å². The van der Waals surface area contributed by atoms with E-state index in [2.05, 4.69) is 27.7 Å². The first-order chi connectivity index (χ1) is 11.0. The summed E-state index contributed by atoms with van der Waals surface area (Å²) in [6.45, 7) is 11.4. The lowest BCUT2D eigenvalue weighted by Gasteiger charge is -2.71. The van der Waals surface area contributed by atoms with Gasteiger partial charge in [-0.3, -0.25) is 9.59 Å². The van der Waals surface area contributed by atoms with Crippen molar-refractivity contribution in [2.24, 2.45) is 34.5 Å². The van der Waals surface area contributed by atoms with Gasteiger partial charge in [0, 0.05) is 31.6 Å². The SMILES string of the molecule is CC(=O)O[C@@H]1C[C@H](C)[C@H]2[C@@H]3[C@@H]1[C@]2(C)[C@H](OC(C)=O)C[C@@H](O)C3(C)C. The highest BCUT2D eigenvalue weighted by atomic mass is 16.6. The van der Waals surface area contributed by atoms with Crippen LogP contribution in [-0.4, -0.2) is 35.4 Å². The number of rotatable bonds is 2. The first-order valence-corrected chi connectivity index (χ1v) is 9.03. The summed E-state index contributed by atoms with van der Waals surface area (Å²) in [4.78, 5) is 23.3. The molecule has 0 aromatic carbocycles. The molecular weight excluding hydrogens is 308 g/mol. The fourth-order valence-corrected chi connectivity index (χ4v) is 6.41. The predicted molar refractivity (Wildman–Crippen MR) is 87.9 cm³/mol. The molecular formula is C19H30O5. The van der Waals surface area contributed by atoms with E-state index in [1.807, 2.05) is 0 Å². The van der Waals surface area contributed by atoms with Gasteiger partial charge in [-0.05, 0) is 29.6 Å². The highest BCUT2D eigenvalue weighted by Crippen LogP contribution is 2.74. The van der Waals surface area contributed by atoms with Crippen LogP contribution in [-0.2, 0) is 19.1 Å². The minimum atomic E-state index is -0.538. The molecule has 0 radical (unpaired) electrons. The molecule has 8 atom stereocenters. The fraction of sp³-hybridized carbons (Fsp3) is 0.895. The van der Waals surface area contributed by atoms with E-state index < -0.39 is 6.10 Å². The monoisotopic (exact) mass is 338 g/mol. The minimum absolute atomic E-state index is 0.124. The molecule has 4 bridgehead atoms. The van der Waals surface area contributed by atoms with Gasteiger partial charge in [0.2, 0.25) is 0 Å². The van der Waals surface area contributed by atoms with Gasteiger partial charge in [-0.2, -0.15) is 0 Å². The number of carbonyl (C=O) groups is 2. The van der Waals surface area contributed by atoms with E-state index in [4.69, 9.17) is 9.47 Å². The van der Waals surface area contributed by atoms with E-state index in [1.54, 1.807) is 0 Å². The number of fused-ring (bicyclic) bond motifs is 2. The lowest BCUT2D eigenvalue weighted by Crippen LogP contribution is -2.72. The van der Waals surface area contributed by atoms with Crippen LogP contribution in [0.5, 0.6) is 0 Å². The van der Waals surface area contributed by atoms with Gasteiger partial charge >= 0.3 is 11.9 Å². The molecule has 0 saturated heterocycles. The fourth-order valence-electron chi connectivity index (χ4n) is 6.41. The number of aliphatic hydroxyl groups excluding tert-OH is 1. The van der Waals surface area contributed by atoms with Crippen LogP contribution < -0.4 is 0 Å². The average molecular weight is 338 g/mol. The van der Waals surface area contributed by atoms with Gasteiger partial charge in [0.1, 0.15) is 12.2 Å². The maximum absolute atomic E-state index is 11.7. The Balaban J connectivity index is 2.06. The standard InChI is InChI=1S/C19H30O5/c1-9-7-12(23-10(2)20)16-17-15(9)19(16,6)14(24-11(3)21)8-13(22)18(17,4)5/h9,12-17,22H,7-8H2,1-6H3/t9-,12+,13+,14+,15-,16+,17+,19+/m0/s1. The molecule has 5 heteroatoms. The smallest absolute Gasteiger partial charge is 0.302 e. The molecule has 4 rings (SSSR count). The largest absolute Gasteiger partial charge is 0.462 e. The number of aliphatic hydroxyl groups is 1. The Morgan fingerprint density at radius 3 is 2.08 bits per heavy atom. The third-order valence-electron chi connectivity index (χ3n) is 7.30. The van der Waals surface area contributed by atoms with Gasteiger partial charge < -0.3 is 14.6 Å². The summed E-state index contributed by atoms with van der Waals surface area (Å²) in [6.07, 6.45) is 0.259. The van der Waals surface area contributed by atoms with Gasteiger partial charge in [0.25, 0.3) is 0 Å². The normalized spacial score (nSPS) is 48.7. The number of ether oxygens (including phenoxy) is 2. The summed E-state index contributed by atoms with van der Waals surface area (Å²) >= 11 is 0. The van der Waals surface area contributed by atoms with Crippen LogP contribution in [0.4, 0.5) is 0 Å². The van der Waals surface area contributed by atoms with E-state index in [1.165, 1.54) is 13.8 Å². The van der Waals surface area contributed by atoms with Crippen LogP contribution in [0.1, 0.15) is 54.4 Å². The number of hydrogen-bond donors (Lipinski definition) is 1. The summed E-state index contributed by atoms with van der Waals surface area (Å²) in [6, 6.07) is 0. The molecule has 5 nitrogen and oxygen atoms in total. The topological polar surface area (TPSA) is 72.8 Å². The lowest BCUT2D eigenvalue weighted by molar-refractivity contribution is -0.285. The van der Waals surface area contributed by atoms with E-state index in [0.717, 1.165) is 6.42 Å². The lowest BCUT2D eigenvalue weighted by atomic mass is 9.35. The van der Waals surface area contributed by atoms with Crippen molar-refractivity contribution in [3.8, 4) is 0 Å². The molecule has 0 amide bonds. The molecule has 4 aliphatic rings. The van der Waals surface area contributed by atoms with Crippen molar-refractivity contribution in [1.29, 1.82) is 0 Å². The molecule has 4 saturated carbocycles. The Kier molecular flexibility index (Phi) is 4.02. The summed E-state index contributed by atoms with van der Waals surface area (Å²) in [5.74, 6) is 0.541. The molecule has 0 aromatic heterocycles. The minimum Gasteiger partial charge on any atom is -0.462 e. The van der Waals surface area contributed by atoms with Gasteiger partial charge in [-0.15, -0.1) is 0 Å². The molecule has 4 fully saturated rings. The van der Waals surface area contributed by atoms with Crippen molar-refractivity contribution >= 4 is 11.9 Å². The zero-order valence-corrected chi connectivity index (χ0v) is 15.5. The summed E-state index contributed by atoms with van der Waals surface area (Å²) in [5, 5.41) is 10.8. The zero-order chi connectivity index (χ0) is 18.0. The second-order valence-electron chi connectivity index (χ2n) is 8.98. The summed E-state index contributed by atoms with van der Waals surface area (Å²) in [7, 11) is 0. The highest BCUT2D eigenvalue weighted by molar-refractivity contribution is 5.67. The van der Waals surface area contributed by atoms with Crippen molar-refractivity contribution in [2.45, 2.75) is 72.7 Å². The van der Waals surface area contributed by atoms with Crippen molar-refractivity contribution < 1.29 is 24.2 Å². The maximum Gasteiger partial charge on any atom is 0.302 e. The van der Waals surface area contributed by atoms with Crippen molar-refractivity contribution in [3.63, 3.8) is 0 Å². The predicted octanol–water partition coefficient (Wildman–Crippen LogP) is 2.55. The quantitative estimate of drug-likeness (QED) is 0.783. The molecule has 0 aliphatic heterocycles. The molecule has 0 aromatic rings. The summed E-state index contributed by atoms with van der Waals surface area (Å²) < 4.78 is 11.4. The Morgan fingerprint density at radius 2 is 1.54 bits per heavy atom. The second kappa shape index (κ2) is 5.45. The van der Waals surface area contributed by atoms with Crippen LogP contribution in [0.3, 0.4) is 0 Å². The number of hydrogen-bond acceptors (Lipinski definition) is 5. The molecule has 4 aliphatic carbocycles. The van der Waals surface area contributed by atoms with E-state index in [9.17, 15) is 14.7 Å². The van der Waals surface area contributed by atoms with Gasteiger partial charge in [-0.25, -0.2) is 0 Å². The molecule has 136 valence electrons. The second-order valence-corrected chi connectivity index (χ2v) is 8.98. The van der Waals surface area contributed by atoms with Crippen molar-refractivity contribution in [1.82, 2.24) is 0 Å². The highest BCUT2D eigenvalue weighted by Gasteiger charge is 2.75. The third-order valence-corrected chi connectivity index (χ3v) is 7.30.